The first-order valence-electron chi connectivity index (χ1n) is 8.63. The zero-order valence-electron chi connectivity index (χ0n) is 15.3. The lowest BCUT2D eigenvalue weighted by Gasteiger charge is -2.26. The van der Waals surface area contributed by atoms with Gasteiger partial charge in [0.15, 0.2) is 5.13 Å². The number of thiazole rings is 1. The minimum Gasteiger partial charge on any atom is -0.497 e. The quantitative estimate of drug-likeness (QED) is 0.705. The molecular weight excluding hydrogens is 376 g/mol. The van der Waals surface area contributed by atoms with Crippen LogP contribution in [0.1, 0.15) is 29.1 Å². The van der Waals surface area contributed by atoms with Crippen molar-refractivity contribution >= 4 is 39.7 Å². The monoisotopic (exact) mass is 394 g/mol. The summed E-state index contributed by atoms with van der Waals surface area (Å²) in [6.07, 6.45) is -0.461. The Morgan fingerprint density at radius 3 is 2.61 bits per heavy atom. The van der Waals surface area contributed by atoms with Crippen LogP contribution >= 0.6 is 11.3 Å². The number of anilines is 3. The van der Waals surface area contributed by atoms with Crippen molar-refractivity contribution in [1.29, 1.82) is 0 Å². The second kappa shape index (κ2) is 7.32. The van der Waals surface area contributed by atoms with Gasteiger partial charge in [-0.1, -0.05) is 12.1 Å². The van der Waals surface area contributed by atoms with Crippen LogP contribution in [0.2, 0.25) is 0 Å². The summed E-state index contributed by atoms with van der Waals surface area (Å²) in [7, 11) is 1.59. The molecule has 0 radical (unpaired) electrons. The molecule has 1 aromatic heterocycles. The molecular formula is C20H18N4O3S. The Morgan fingerprint density at radius 2 is 1.89 bits per heavy atom. The summed E-state index contributed by atoms with van der Waals surface area (Å²) in [5.74, 6) is 0.393. The highest BCUT2D eigenvalue weighted by atomic mass is 32.1. The number of carbonyl (C=O) groups is 2. The highest BCUT2D eigenvalue weighted by molar-refractivity contribution is 7.14. The van der Waals surface area contributed by atoms with Crippen molar-refractivity contribution in [2.45, 2.75) is 13.1 Å². The van der Waals surface area contributed by atoms with Crippen LogP contribution in [0.4, 0.5) is 16.5 Å². The van der Waals surface area contributed by atoms with Gasteiger partial charge in [0.1, 0.15) is 11.9 Å². The Kier molecular flexibility index (Phi) is 4.70. The molecule has 2 N–H and O–H groups in total. The molecule has 1 atom stereocenters. The number of para-hydroxylation sites is 1. The van der Waals surface area contributed by atoms with Gasteiger partial charge < -0.3 is 15.4 Å². The number of carbonyl (C=O) groups excluding carboxylic acids is 2. The number of ether oxygens (including phenoxy) is 1. The lowest BCUT2D eigenvalue weighted by molar-refractivity contribution is -0.115. The summed E-state index contributed by atoms with van der Waals surface area (Å²) in [4.78, 5) is 30.8. The van der Waals surface area contributed by atoms with Gasteiger partial charge in [-0.2, -0.15) is 0 Å². The lowest BCUT2D eigenvalue weighted by Crippen LogP contribution is -2.38. The third kappa shape index (κ3) is 3.29. The van der Waals surface area contributed by atoms with Crippen molar-refractivity contribution in [2.24, 2.45) is 0 Å². The first-order valence-corrected chi connectivity index (χ1v) is 9.51. The molecule has 0 saturated heterocycles. The van der Waals surface area contributed by atoms with Crippen molar-refractivity contribution < 1.29 is 14.3 Å². The number of amides is 2. The predicted molar refractivity (Wildman–Crippen MR) is 108 cm³/mol. The fourth-order valence-corrected chi connectivity index (χ4v) is 3.94. The molecule has 142 valence electrons. The Hall–Kier alpha value is -3.39. The Bertz CT molecular complexity index is 1030. The molecule has 4 rings (SSSR count). The lowest BCUT2D eigenvalue weighted by atomic mass is 10.1. The normalized spacial score (nSPS) is 15.2. The Balaban J connectivity index is 1.62. The second-order valence-corrected chi connectivity index (χ2v) is 7.04. The average molecular weight is 394 g/mol. The van der Waals surface area contributed by atoms with Crippen LogP contribution in [0.5, 0.6) is 5.75 Å². The maximum Gasteiger partial charge on any atom is 0.255 e. The van der Waals surface area contributed by atoms with Gasteiger partial charge >= 0.3 is 0 Å². The van der Waals surface area contributed by atoms with E-state index in [1.807, 2.05) is 23.6 Å². The molecule has 0 unspecified atom stereocenters. The van der Waals surface area contributed by atoms with E-state index in [-0.39, 0.29) is 11.8 Å². The van der Waals surface area contributed by atoms with E-state index in [2.05, 4.69) is 15.6 Å². The molecule has 8 heteroatoms. The van der Waals surface area contributed by atoms with Gasteiger partial charge in [-0.3, -0.25) is 14.5 Å². The van der Waals surface area contributed by atoms with Crippen molar-refractivity contribution in [3.63, 3.8) is 0 Å². The summed E-state index contributed by atoms with van der Waals surface area (Å²) in [6.45, 7) is 1.49. The summed E-state index contributed by atoms with van der Waals surface area (Å²) in [6, 6.07) is 14.5. The molecule has 2 amide bonds. The number of nitrogens with zero attached hydrogens (tertiary/aromatic N) is 2. The number of methoxy groups -OCH3 is 1. The number of fused-ring (bicyclic) bond motifs is 1. The van der Waals surface area contributed by atoms with Gasteiger partial charge in [-0.05, 0) is 36.4 Å². The van der Waals surface area contributed by atoms with Crippen molar-refractivity contribution in [3.05, 3.63) is 65.2 Å². The minimum atomic E-state index is -0.461. The van der Waals surface area contributed by atoms with Crippen molar-refractivity contribution in [3.8, 4) is 5.75 Å². The third-order valence-corrected chi connectivity index (χ3v) is 5.23. The summed E-state index contributed by atoms with van der Waals surface area (Å²) >= 11 is 1.34. The van der Waals surface area contributed by atoms with Crippen LogP contribution in [-0.2, 0) is 4.79 Å². The van der Waals surface area contributed by atoms with E-state index in [0.717, 1.165) is 5.69 Å². The molecule has 7 nitrogen and oxygen atoms in total. The molecule has 1 aliphatic heterocycles. The Morgan fingerprint density at radius 1 is 1.14 bits per heavy atom. The van der Waals surface area contributed by atoms with E-state index < -0.39 is 6.17 Å². The molecule has 2 heterocycles. The number of nitrogens with one attached hydrogen (secondary N) is 2. The SMILES string of the molecule is COc1ccc(N(C(C)=O)c2nc([C@@H]3NC(=O)c4ccccc4N3)cs2)cc1. The fourth-order valence-electron chi connectivity index (χ4n) is 3.03. The topological polar surface area (TPSA) is 83.6 Å². The molecule has 1 aliphatic rings. The minimum absolute atomic E-state index is 0.156. The Labute approximate surface area is 166 Å². The van der Waals surface area contributed by atoms with Gasteiger partial charge in [0.2, 0.25) is 5.91 Å². The highest BCUT2D eigenvalue weighted by Gasteiger charge is 2.27. The van der Waals surface area contributed by atoms with Gasteiger partial charge in [0.05, 0.1) is 24.1 Å². The number of benzene rings is 2. The van der Waals surface area contributed by atoms with Gasteiger partial charge in [-0.25, -0.2) is 4.98 Å². The number of aromatic nitrogens is 1. The standard InChI is InChI=1S/C20H18N4O3S/c1-12(25)24(13-7-9-14(27-2)10-8-13)20-22-17(11-28-20)18-21-16-6-4-3-5-15(16)19(26)23-18/h3-11,18,21H,1-2H3,(H,23,26)/t18-/m0/s1. The van der Waals surface area contributed by atoms with Crippen LogP contribution in [0, 0.1) is 0 Å². The van der Waals surface area contributed by atoms with Gasteiger partial charge in [0, 0.05) is 18.0 Å². The molecule has 0 aliphatic carbocycles. The molecule has 3 aromatic rings. The van der Waals surface area contributed by atoms with Crippen LogP contribution in [0.25, 0.3) is 0 Å². The van der Waals surface area contributed by atoms with Gasteiger partial charge in [-0.15, -0.1) is 11.3 Å². The van der Waals surface area contributed by atoms with Crippen LogP contribution in [-0.4, -0.2) is 23.9 Å². The average Bonchev–Trinajstić information content (AvgIpc) is 3.18. The second-order valence-electron chi connectivity index (χ2n) is 6.20. The maximum absolute atomic E-state index is 12.3. The van der Waals surface area contributed by atoms with E-state index >= 15 is 0 Å². The van der Waals surface area contributed by atoms with E-state index in [9.17, 15) is 9.59 Å². The number of rotatable bonds is 4. The summed E-state index contributed by atoms with van der Waals surface area (Å²) in [5.41, 5.74) is 2.69. The van der Waals surface area contributed by atoms with Crippen molar-refractivity contribution in [2.75, 3.05) is 17.3 Å². The maximum atomic E-state index is 12.3. The first kappa shape index (κ1) is 18.0. The molecule has 0 bridgehead atoms. The zero-order chi connectivity index (χ0) is 19.7. The van der Waals surface area contributed by atoms with E-state index in [1.165, 1.54) is 23.2 Å². The van der Waals surface area contributed by atoms with Crippen molar-refractivity contribution in [1.82, 2.24) is 10.3 Å². The smallest absolute Gasteiger partial charge is 0.255 e. The van der Waals surface area contributed by atoms with Crippen LogP contribution < -0.4 is 20.3 Å². The molecule has 28 heavy (non-hydrogen) atoms. The highest BCUT2D eigenvalue weighted by Crippen LogP contribution is 2.33. The number of hydrogen-bond acceptors (Lipinski definition) is 6. The van der Waals surface area contributed by atoms with E-state index in [0.29, 0.717) is 27.8 Å². The summed E-state index contributed by atoms with van der Waals surface area (Å²) in [5, 5.41) is 8.54. The van der Waals surface area contributed by atoms with Crippen LogP contribution in [0.3, 0.4) is 0 Å². The zero-order valence-corrected chi connectivity index (χ0v) is 16.1. The first-order chi connectivity index (χ1) is 13.6. The summed E-state index contributed by atoms with van der Waals surface area (Å²) < 4.78 is 5.17. The number of hydrogen-bond donors (Lipinski definition) is 2. The van der Waals surface area contributed by atoms with E-state index in [1.54, 1.807) is 37.4 Å². The molecule has 2 aromatic carbocycles. The fraction of sp³-hybridized carbons (Fsp3) is 0.150. The predicted octanol–water partition coefficient (Wildman–Crippen LogP) is 3.69. The van der Waals surface area contributed by atoms with Gasteiger partial charge in [0.25, 0.3) is 5.91 Å². The van der Waals surface area contributed by atoms with E-state index in [4.69, 9.17) is 4.74 Å². The molecule has 0 saturated carbocycles. The largest absolute Gasteiger partial charge is 0.497 e. The molecule has 0 spiro atoms. The molecule has 0 fully saturated rings. The van der Waals surface area contributed by atoms with Crippen LogP contribution in [0.15, 0.2) is 53.9 Å². The third-order valence-electron chi connectivity index (χ3n) is 4.39.